The van der Waals surface area contributed by atoms with E-state index in [-0.39, 0.29) is 0 Å². The second kappa shape index (κ2) is 1.70. The van der Waals surface area contributed by atoms with Gasteiger partial charge in [0.15, 0.2) is 0 Å². The van der Waals surface area contributed by atoms with E-state index < -0.39 is 0 Å². The Labute approximate surface area is 56.9 Å². The van der Waals surface area contributed by atoms with E-state index in [0.29, 0.717) is 0 Å². The summed E-state index contributed by atoms with van der Waals surface area (Å²) in [7, 11) is 0. The van der Waals surface area contributed by atoms with Gasteiger partial charge in [-0.15, -0.1) is 0 Å². The van der Waals surface area contributed by atoms with Crippen molar-refractivity contribution in [1.29, 1.82) is 5.41 Å². The summed E-state index contributed by atoms with van der Waals surface area (Å²) in [5.41, 5.74) is 1.61. The Hall–Kier alpha value is -1.58. The van der Waals surface area contributed by atoms with Crippen molar-refractivity contribution in [3.63, 3.8) is 0 Å². The van der Waals surface area contributed by atoms with Gasteiger partial charge >= 0.3 is 0 Å². The molecule has 2 aliphatic rings. The van der Waals surface area contributed by atoms with Gasteiger partial charge in [-0.05, 0) is 6.07 Å². The van der Waals surface area contributed by atoms with E-state index >= 15 is 0 Å². The lowest BCUT2D eigenvalue weighted by Gasteiger charge is -1.88. The summed E-state index contributed by atoms with van der Waals surface area (Å²) in [4.78, 5) is 3.97. The Bertz CT molecular complexity index is 322. The fourth-order valence-electron chi connectivity index (χ4n) is 0.880. The van der Waals surface area contributed by atoms with E-state index in [4.69, 9.17) is 9.93 Å². The van der Waals surface area contributed by atoms with E-state index in [1.54, 1.807) is 12.3 Å². The molecule has 4 heteroatoms. The van der Waals surface area contributed by atoms with Crippen LogP contribution in [0.25, 0.3) is 11.4 Å². The summed E-state index contributed by atoms with van der Waals surface area (Å²) in [5, 5.41) is 6.90. The number of hydrogen-bond donors (Lipinski definition) is 1. The maximum atomic E-state index is 6.90. The maximum absolute atomic E-state index is 6.90. The van der Waals surface area contributed by atoms with Crippen LogP contribution >= 0.6 is 0 Å². The molecule has 0 atom stereocenters. The predicted octanol–water partition coefficient (Wildman–Crippen LogP) is 1.04. The standard InChI is InChI=1S/C6H5N3O/c7-4-9-6-1-2-8-5(6)3-10-9/h1-4,7H. The first-order valence-corrected chi connectivity index (χ1v) is 2.83. The molecule has 0 aromatic heterocycles. The second-order valence-corrected chi connectivity index (χ2v) is 1.89. The van der Waals surface area contributed by atoms with Crippen LogP contribution in [-0.4, -0.2) is 16.1 Å². The number of nitrogens with one attached hydrogen (secondary N) is 1. The highest BCUT2D eigenvalue weighted by Gasteiger charge is 2.09. The van der Waals surface area contributed by atoms with Crippen LogP contribution in [0, 0.1) is 5.41 Å². The molecule has 4 nitrogen and oxygen atoms in total. The van der Waals surface area contributed by atoms with Crippen molar-refractivity contribution in [2.24, 2.45) is 0 Å². The molecule has 50 valence electrons. The van der Waals surface area contributed by atoms with Gasteiger partial charge in [0.1, 0.15) is 24.0 Å². The van der Waals surface area contributed by atoms with Crippen LogP contribution in [0.2, 0.25) is 0 Å². The monoisotopic (exact) mass is 135 g/mol. The van der Waals surface area contributed by atoms with Gasteiger partial charge < -0.3 is 4.52 Å². The molecular formula is C6H5N3O. The molecular weight excluding hydrogens is 130 g/mol. The highest BCUT2D eigenvalue weighted by Crippen LogP contribution is 2.18. The summed E-state index contributed by atoms with van der Waals surface area (Å²) < 4.78 is 6.26. The van der Waals surface area contributed by atoms with Crippen LogP contribution in [0.15, 0.2) is 23.0 Å². The maximum Gasteiger partial charge on any atom is 0.147 e. The fourth-order valence-corrected chi connectivity index (χ4v) is 0.880. The average molecular weight is 135 g/mol. The number of aromatic nitrogens is 2. The van der Waals surface area contributed by atoms with Crippen LogP contribution in [0.3, 0.4) is 0 Å². The molecule has 0 radical (unpaired) electrons. The summed E-state index contributed by atoms with van der Waals surface area (Å²) in [6.45, 7) is 0. The fraction of sp³-hybridized carbons (Fsp3) is 0. The van der Waals surface area contributed by atoms with Gasteiger partial charge in [0.25, 0.3) is 0 Å². The van der Waals surface area contributed by atoms with Crippen molar-refractivity contribution < 1.29 is 4.52 Å². The topological polar surface area (TPSA) is 54.8 Å². The highest BCUT2D eigenvalue weighted by atomic mass is 16.5. The molecule has 0 aromatic carbocycles. The normalized spacial score (nSPS) is 10.4. The number of hydrogen-bond acceptors (Lipinski definition) is 3. The lowest BCUT2D eigenvalue weighted by Crippen LogP contribution is -1.90. The van der Waals surface area contributed by atoms with Crippen LogP contribution in [0.1, 0.15) is 0 Å². The van der Waals surface area contributed by atoms with Gasteiger partial charge in [-0.3, -0.25) is 10.4 Å². The smallest absolute Gasteiger partial charge is 0.147 e. The molecule has 2 heterocycles. The molecule has 0 saturated carbocycles. The lowest BCUT2D eigenvalue weighted by molar-refractivity contribution is 0.374. The molecule has 0 aromatic rings. The van der Waals surface area contributed by atoms with Crippen LogP contribution in [0.4, 0.5) is 0 Å². The molecule has 0 unspecified atom stereocenters. The molecule has 10 heavy (non-hydrogen) atoms. The van der Waals surface area contributed by atoms with Crippen LogP contribution in [0.5, 0.6) is 0 Å². The summed E-state index contributed by atoms with van der Waals surface area (Å²) in [6, 6.07) is 1.80. The Morgan fingerprint density at radius 3 is 3.40 bits per heavy atom. The predicted molar refractivity (Wildman–Crippen MR) is 35.3 cm³/mol. The molecule has 0 bridgehead atoms. The quantitative estimate of drug-likeness (QED) is 0.469. The number of nitrogens with zero attached hydrogens (tertiary/aromatic N) is 2. The van der Waals surface area contributed by atoms with Crippen molar-refractivity contribution in [2.45, 2.75) is 0 Å². The molecule has 2 aliphatic heterocycles. The van der Waals surface area contributed by atoms with Crippen molar-refractivity contribution in [3.05, 3.63) is 18.5 Å². The summed E-state index contributed by atoms with van der Waals surface area (Å²) >= 11 is 0. The minimum absolute atomic E-state index is 0.781. The van der Waals surface area contributed by atoms with Gasteiger partial charge in [-0.2, -0.15) is 4.74 Å². The van der Waals surface area contributed by atoms with Crippen molar-refractivity contribution in [3.8, 4) is 11.4 Å². The van der Waals surface area contributed by atoms with Gasteiger partial charge in [0.05, 0.1) is 0 Å². The third-order valence-corrected chi connectivity index (χ3v) is 1.34. The van der Waals surface area contributed by atoms with E-state index in [1.807, 2.05) is 0 Å². The Balaban J connectivity index is 2.71. The van der Waals surface area contributed by atoms with Crippen molar-refractivity contribution >= 4 is 6.34 Å². The molecule has 0 fully saturated rings. The minimum Gasteiger partial charge on any atom is -0.379 e. The zero-order valence-electron chi connectivity index (χ0n) is 5.11. The van der Waals surface area contributed by atoms with E-state index in [9.17, 15) is 0 Å². The van der Waals surface area contributed by atoms with Crippen LogP contribution in [-0.2, 0) is 0 Å². The first-order chi connectivity index (χ1) is 4.92. The molecule has 0 saturated heterocycles. The van der Waals surface area contributed by atoms with E-state index in [1.165, 1.54) is 11.0 Å². The molecule has 0 amide bonds. The third kappa shape index (κ3) is 0.500. The Kier molecular flexibility index (Phi) is 0.887. The summed E-state index contributed by atoms with van der Waals surface area (Å²) in [6.07, 6.45) is 4.30. The first kappa shape index (κ1) is 5.22. The summed E-state index contributed by atoms with van der Waals surface area (Å²) in [5.74, 6) is 0. The molecule has 1 N–H and O–H groups in total. The van der Waals surface area contributed by atoms with Gasteiger partial charge in [0, 0.05) is 6.20 Å². The van der Waals surface area contributed by atoms with Gasteiger partial charge in [0.2, 0.25) is 0 Å². The van der Waals surface area contributed by atoms with E-state index in [0.717, 1.165) is 17.7 Å². The average Bonchev–Trinajstić information content (AvgIpc) is 2.44. The molecule has 0 aliphatic carbocycles. The minimum atomic E-state index is 0.781. The van der Waals surface area contributed by atoms with Gasteiger partial charge in [-0.1, -0.05) is 0 Å². The van der Waals surface area contributed by atoms with Crippen molar-refractivity contribution in [1.82, 2.24) is 9.72 Å². The third-order valence-electron chi connectivity index (χ3n) is 1.34. The van der Waals surface area contributed by atoms with Gasteiger partial charge in [-0.25, -0.2) is 0 Å². The SMILES string of the molecule is N=Cn1occ2nccc1-2. The zero-order chi connectivity index (χ0) is 6.97. The lowest BCUT2D eigenvalue weighted by atomic mass is 10.4. The van der Waals surface area contributed by atoms with E-state index in [2.05, 4.69) is 4.98 Å². The van der Waals surface area contributed by atoms with Crippen molar-refractivity contribution in [2.75, 3.05) is 0 Å². The Morgan fingerprint density at radius 1 is 1.70 bits per heavy atom. The van der Waals surface area contributed by atoms with Crippen LogP contribution < -0.4 is 0 Å². The second-order valence-electron chi connectivity index (χ2n) is 1.89. The largest absolute Gasteiger partial charge is 0.379 e. The zero-order valence-corrected chi connectivity index (χ0v) is 5.11. The first-order valence-electron chi connectivity index (χ1n) is 2.83. The molecule has 0 spiro atoms. The Morgan fingerprint density at radius 2 is 2.60 bits per heavy atom. The molecule has 2 rings (SSSR count). The number of fused-ring (bicyclic) bond motifs is 1. The number of rotatable bonds is 1. The highest BCUT2D eigenvalue weighted by molar-refractivity contribution is 5.66.